The van der Waals surface area contributed by atoms with Crippen molar-refractivity contribution in [3.63, 3.8) is 0 Å². The van der Waals surface area contributed by atoms with Crippen molar-refractivity contribution < 1.29 is 0 Å². The number of nitrogens with one attached hydrogen (secondary N) is 1. The first kappa shape index (κ1) is 16.1. The first-order valence-electron chi connectivity index (χ1n) is 7.58. The summed E-state index contributed by atoms with van der Waals surface area (Å²) < 4.78 is 2.01. The third-order valence-corrected chi connectivity index (χ3v) is 4.24. The summed E-state index contributed by atoms with van der Waals surface area (Å²) in [7, 11) is 0. The summed E-state index contributed by atoms with van der Waals surface area (Å²) >= 11 is 6.44. The van der Waals surface area contributed by atoms with Gasteiger partial charge in [-0.3, -0.25) is 4.68 Å². The van der Waals surface area contributed by atoms with Crippen LogP contribution in [0.3, 0.4) is 0 Å². The van der Waals surface area contributed by atoms with Gasteiger partial charge < -0.3 is 5.32 Å². The van der Waals surface area contributed by atoms with Gasteiger partial charge in [0.05, 0.1) is 16.4 Å². The van der Waals surface area contributed by atoms with Crippen molar-refractivity contribution in [2.45, 2.75) is 46.7 Å². The first-order chi connectivity index (χ1) is 10.1. The Morgan fingerprint density at radius 2 is 2.05 bits per heavy atom. The molecule has 1 unspecified atom stereocenters. The summed E-state index contributed by atoms with van der Waals surface area (Å²) in [5.74, 6) is 0. The highest BCUT2D eigenvalue weighted by atomic mass is 35.5. The molecule has 1 aromatic carbocycles. The maximum absolute atomic E-state index is 6.44. The molecule has 3 nitrogen and oxygen atoms in total. The Morgan fingerprint density at radius 1 is 1.29 bits per heavy atom. The average Bonchev–Trinajstić information content (AvgIpc) is 2.74. The molecule has 0 amide bonds. The molecule has 0 radical (unpaired) electrons. The van der Waals surface area contributed by atoms with Crippen molar-refractivity contribution in [3.05, 3.63) is 51.8 Å². The fourth-order valence-corrected chi connectivity index (χ4v) is 2.91. The zero-order chi connectivity index (χ0) is 15.4. The number of halogens is 1. The van der Waals surface area contributed by atoms with Gasteiger partial charge in [-0.05, 0) is 32.9 Å². The van der Waals surface area contributed by atoms with Crippen LogP contribution in [0.25, 0.3) is 0 Å². The van der Waals surface area contributed by atoms with E-state index in [0.29, 0.717) is 0 Å². The lowest BCUT2D eigenvalue weighted by Gasteiger charge is -2.19. The van der Waals surface area contributed by atoms with Crippen LogP contribution in [0.1, 0.15) is 42.4 Å². The van der Waals surface area contributed by atoms with Crippen molar-refractivity contribution in [1.29, 1.82) is 0 Å². The standard InChI is InChI=1S/C17H24ClN3/c1-5-19-15(14-9-7-8-12(3)10-14)11-16-17(18)13(4)20-21(16)6-2/h7-10,15,19H,5-6,11H2,1-4H3. The number of likely N-dealkylation sites (N-methyl/N-ethyl adjacent to an activating group) is 1. The maximum Gasteiger partial charge on any atom is 0.0847 e. The minimum Gasteiger partial charge on any atom is -0.310 e. The molecule has 0 aliphatic carbocycles. The van der Waals surface area contributed by atoms with Gasteiger partial charge in [0.1, 0.15) is 0 Å². The Morgan fingerprint density at radius 3 is 2.67 bits per heavy atom. The van der Waals surface area contributed by atoms with Gasteiger partial charge >= 0.3 is 0 Å². The van der Waals surface area contributed by atoms with Gasteiger partial charge in [-0.2, -0.15) is 5.10 Å². The Labute approximate surface area is 132 Å². The van der Waals surface area contributed by atoms with E-state index in [0.717, 1.165) is 35.9 Å². The van der Waals surface area contributed by atoms with Crippen LogP contribution in [0, 0.1) is 13.8 Å². The minimum atomic E-state index is 0.258. The van der Waals surface area contributed by atoms with Crippen LogP contribution in [-0.2, 0) is 13.0 Å². The van der Waals surface area contributed by atoms with Gasteiger partial charge in [-0.15, -0.1) is 0 Å². The van der Waals surface area contributed by atoms with Crippen LogP contribution in [0.2, 0.25) is 5.02 Å². The second-order valence-corrected chi connectivity index (χ2v) is 5.77. The van der Waals surface area contributed by atoms with Gasteiger partial charge in [0, 0.05) is 19.0 Å². The number of rotatable bonds is 6. The van der Waals surface area contributed by atoms with Crippen molar-refractivity contribution in [1.82, 2.24) is 15.1 Å². The maximum atomic E-state index is 6.44. The highest BCUT2D eigenvalue weighted by Crippen LogP contribution is 2.26. The van der Waals surface area contributed by atoms with Crippen LogP contribution in [0.4, 0.5) is 0 Å². The minimum absolute atomic E-state index is 0.258. The Kier molecular flexibility index (Phi) is 5.43. The number of nitrogens with zero attached hydrogens (tertiary/aromatic N) is 2. The molecule has 1 aromatic heterocycles. The number of aromatic nitrogens is 2. The van der Waals surface area contributed by atoms with Crippen molar-refractivity contribution in [2.24, 2.45) is 0 Å². The molecule has 0 aliphatic rings. The van der Waals surface area contributed by atoms with E-state index in [9.17, 15) is 0 Å². The van der Waals surface area contributed by atoms with Gasteiger partial charge in [-0.25, -0.2) is 0 Å². The predicted octanol–water partition coefficient (Wildman–Crippen LogP) is 4.07. The van der Waals surface area contributed by atoms with Crippen molar-refractivity contribution >= 4 is 11.6 Å². The van der Waals surface area contributed by atoms with Crippen molar-refractivity contribution in [2.75, 3.05) is 6.54 Å². The van der Waals surface area contributed by atoms with E-state index >= 15 is 0 Å². The number of aryl methyl sites for hydroxylation is 3. The molecule has 0 saturated heterocycles. The fraction of sp³-hybridized carbons (Fsp3) is 0.471. The van der Waals surface area contributed by atoms with E-state index in [1.165, 1.54) is 11.1 Å². The molecule has 4 heteroatoms. The zero-order valence-electron chi connectivity index (χ0n) is 13.3. The van der Waals surface area contributed by atoms with E-state index < -0.39 is 0 Å². The molecule has 0 fully saturated rings. The summed E-state index contributed by atoms with van der Waals surface area (Å²) in [4.78, 5) is 0. The molecule has 0 spiro atoms. The van der Waals surface area contributed by atoms with E-state index in [2.05, 4.69) is 55.5 Å². The molecule has 21 heavy (non-hydrogen) atoms. The molecule has 0 aliphatic heterocycles. The second kappa shape index (κ2) is 7.10. The summed E-state index contributed by atoms with van der Waals surface area (Å²) in [5.41, 5.74) is 4.60. The molecule has 114 valence electrons. The Bertz CT molecular complexity index is 604. The first-order valence-corrected chi connectivity index (χ1v) is 7.96. The summed E-state index contributed by atoms with van der Waals surface area (Å²) in [5, 5.41) is 8.87. The average molecular weight is 306 g/mol. The second-order valence-electron chi connectivity index (χ2n) is 5.39. The zero-order valence-corrected chi connectivity index (χ0v) is 14.0. The van der Waals surface area contributed by atoms with Crippen LogP contribution < -0.4 is 5.32 Å². The van der Waals surface area contributed by atoms with Gasteiger partial charge in [-0.1, -0.05) is 48.4 Å². The fourth-order valence-electron chi connectivity index (χ4n) is 2.70. The monoisotopic (exact) mass is 305 g/mol. The molecule has 1 heterocycles. The topological polar surface area (TPSA) is 29.9 Å². The molecular weight excluding hydrogens is 282 g/mol. The quantitative estimate of drug-likeness (QED) is 0.872. The molecule has 2 rings (SSSR count). The third kappa shape index (κ3) is 3.66. The normalized spacial score (nSPS) is 12.6. The lowest BCUT2D eigenvalue weighted by Crippen LogP contribution is -2.24. The molecule has 1 N–H and O–H groups in total. The largest absolute Gasteiger partial charge is 0.310 e. The number of hydrogen-bond acceptors (Lipinski definition) is 2. The van der Waals surface area contributed by atoms with E-state index in [1.54, 1.807) is 0 Å². The lowest BCUT2D eigenvalue weighted by molar-refractivity contribution is 0.516. The summed E-state index contributed by atoms with van der Waals surface area (Å²) in [6.07, 6.45) is 0.852. The molecular formula is C17H24ClN3. The summed E-state index contributed by atoms with van der Waals surface area (Å²) in [6, 6.07) is 8.90. The number of benzene rings is 1. The SMILES string of the molecule is CCNC(Cc1c(Cl)c(C)nn1CC)c1cccc(C)c1. The molecule has 2 aromatic rings. The lowest BCUT2D eigenvalue weighted by atomic mass is 10.00. The molecule has 1 atom stereocenters. The van der Waals surface area contributed by atoms with Crippen LogP contribution in [-0.4, -0.2) is 16.3 Å². The third-order valence-electron chi connectivity index (χ3n) is 3.75. The summed E-state index contributed by atoms with van der Waals surface area (Å²) in [6.45, 7) is 10.1. The molecule has 0 bridgehead atoms. The van der Waals surface area contributed by atoms with Crippen molar-refractivity contribution in [3.8, 4) is 0 Å². The van der Waals surface area contributed by atoms with Gasteiger partial charge in [0.15, 0.2) is 0 Å². The van der Waals surface area contributed by atoms with E-state index in [1.807, 2.05) is 11.6 Å². The van der Waals surface area contributed by atoms with E-state index in [-0.39, 0.29) is 6.04 Å². The highest BCUT2D eigenvalue weighted by molar-refractivity contribution is 6.31. The van der Waals surface area contributed by atoms with Gasteiger partial charge in [0.25, 0.3) is 0 Å². The van der Waals surface area contributed by atoms with Crippen LogP contribution in [0.5, 0.6) is 0 Å². The Hall–Kier alpha value is -1.32. The van der Waals surface area contributed by atoms with E-state index in [4.69, 9.17) is 11.6 Å². The Balaban J connectivity index is 2.32. The van der Waals surface area contributed by atoms with Crippen LogP contribution in [0.15, 0.2) is 24.3 Å². The molecule has 0 saturated carbocycles. The predicted molar refractivity (Wildman–Crippen MR) is 88.9 cm³/mol. The number of hydrogen-bond donors (Lipinski definition) is 1. The van der Waals surface area contributed by atoms with Crippen LogP contribution >= 0.6 is 11.6 Å². The van der Waals surface area contributed by atoms with Gasteiger partial charge in [0.2, 0.25) is 0 Å². The highest BCUT2D eigenvalue weighted by Gasteiger charge is 2.18. The smallest absolute Gasteiger partial charge is 0.0847 e.